The van der Waals surface area contributed by atoms with Gasteiger partial charge < -0.3 is 9.84 Å². The monoisotopic (exact) mass is 200 g/mol. The molecule has 0 unspecified atom stereocenters. The number of hydrogen-bond donors (Lipinski definition) is 1. The number of aromatic hydroxyl groups is 1. The van der Waals surface area contributed by atoms with E-state index in [2.05, 4.69) is 0 Å². The summed E-state index contributed by atoms with van der Waals surface area (Å²) < 4.78 is 4.84. The highest BCUT2D eigenvalue weighted by Gasteiger charge is 2.03. The molecule has 0 saturated carbocycles. The van der Waals surface area contributed by atoms with Crippen molar-refractivity contribution in [3.63, 3.8) is 0 Å². The van der Waals surface area contributed by atoms with Crippen LogP contribution in [0.3, 0.4) is 0 Å². The molecule has 0 amide bonds. The van der Waals surface area contributed by atoms with Crippen LogP contribution < -0.4 is 4.74 Å². The van der Waals surface area contributed by atoms with E-state index in [1.807, 2.05) is 0 Å². The van der Waals surface area contributed by atoms with Crippen molar-refractivity contribution in [3.8, 4) is 11.5 Å². The third kappa shape index (κ3) is 2.95. The van der Waals surface area contributed by atoms with Crippen molar-refractivity contribution in [2.45, 2.75) is 13.3 Å². The zero-order chi connectivity index (χ0) is 9.84. The second-order valence-electron chi connectivity index (χ2n) is 2.47. The lowest BCUT2D eigenvalue weighted by Gasteiger charge is -2.03. The summed E-state index contributed by atoms with van der Waals surface area (Å²) >= 11 is 5.63. The summed E-state index contributed by atoms with van der Waals surface area (Å²) in [6.07, 6.45) is 0.285. The largest absolute Gasteiger partial charge is 0.508 e. The number of ether oxygens (including phenoxy) is 1. The van der Waals surface area contributed by atoms with E-state index < -0.39 is 0 Å². The van der Waals surface area contributed by atoms with E-state index >= 15 is 0 Å². The molecule has 0 radical (unpaired) electrons. The molecule has 4 heteroatoms. The van der Waals surface area contributed by atoms with Gasteiger partial charge in [0.05, 0.1) is 0 Å². The van der Waals surface area contributed by atoms with Gasteiger partial charge in [-0.2, -0.15) is 0 Å². The minimum Gasteiger partial charge on any atom is -0.508 e. The summed E-state index contributed by atoms with van der Waals surface area (Å²) in [6.45, 7) is 1.69. The first-order chi connectivity index (χ1) is 6.11. The van der Waals surface area contributed by atoms with Crippen molar-refractivity contribution >= 4 is 17.6 Å². The lowest BCUT2D eigenvalue weighted by Crippen LogP contribution is -2.05. The Bertz CT molecular complexity index is 302. The average Bonchev–Trinajstić information content (AvgIpc) is 2.02. The third-order valence-electron chi connectivity index (χ3n) is 1.38. The molecule has 1 N–H and O–H groups in total. The van der Waals surface area contributed by atoms with Crippen LogP contribution in [0.5, 0.6) is 11.5 Å². The Kier molecular flexibility index (Phi) is 3.14. The first kappa shape index (κ1) is 9.86. The van der Waals surface area contributed by atoms with Crippen LogP contribution in [-0.2, 0) is 4.79 Å². The lowest BCUT2D eigenvalue weighted by atomic mass is 10.3. The smallest absolute Gasteiger partial charge is 0.310 e. The van der Waals surface area contributed by atoms with E-state index in [0.717, 1.165) is 0 Å². The van der Waals surface area contributed by atoms with Gasteiger partial charge in [0, 0.05) is 17.5 Å². The van der Waals surface area contributed by atoms with Crippen LogP contribution in [0.2, 0.25) is 5.02 Å². The first-order valence-corrected chi connectivity index (χ1v) is 4.20. The van der Waals surface area contributed by atoms with E-state index in [4.69, 9.17) is 21.4 Å². The number of phenolic OH excluding ortho intramolecular Hbond substituents is 1. The third-order valence-corrected chi connectivity index (χ3v) is 1.59. The highest BCUT2D eigenvalue weighted by molar-refractivity contribution is 6.30. The Morgan fingerprint density at radius 3 is 2.77 bits per heavy atom. The number of rotatable bonds is 2. The Morgan fingerprint density at radius 1 is 1.54 bits per heavy atom. The molecule has 0 saturated heterocycles. The molecule has 0 aliphatic rings. The number of hydrogen-bond acceptors (Lipinski definition) is 3. The molecule has 0 aliphatic heterocycles. The Labute approximate surface area is 80.9 Å². The Balaban J connectivity index is 2.83. The van der Waals surface area contributed by atoms with Crippen molar-refractivity contribution in [1.82, 2.24) is 0 Å². The minimum absolute atomic E-state index is 0.0218. The number of halogens is 1. The molecule has 0 aliphatic carbocycles. The molecule has 0 spiro atoms. The van der Waals surface area contributed by atoms with Crippen LogP contribution in [0, 0.1) is 0 Å². The van der Waals surface area contributed by atoms with Crippen LogP contribution in [0.25, 0.3) is 0 Å². The second kappa shape index (κ2) is 4.14. The summed E-state index contributed by atoms with van der Waals surface area (Å²) in [5, 5.41) is 9.44. The van der Waals surface area contributed by atoms with Crippen LogP contribution in [-0.4, -0.2) is 11.1 Å². The van der Waals surface area contributed by atoms with Crippen LogP contribution in [0.4, 0.5) is 0 Å². The summed E-state index contributed by atoms with van der Waals surface area (Å²) in [5.74, 6) is -0.120. The standard InChI is InChI=1S/C9H9ClO3/c1-2-9(12)13-8-4-6(10)3-7(11)5-8/h3-5,11H,2H2,1H3. The number of benzene rings is 1. The molecule has 0 fully saturated rings. The SMILES string of the molecule is CCC(=O)Oc1cc(O)cc(Cl)c1. The highest BCUT2D eigenvalue weighted by atomic mass is 35.5. The summed E-state index contributed by atoms with van der Waals surface area (Å²) in [4.78, 5) is 10.9. The van der Waals surface area contributed by atoms with Crippen molar-refractivity contribution in [2.24, 2.45) is 0 Å². The molecular weight excluding hydrogens is 192 g/mol. The first-order valence-electron chi connectivity index (χ1n) is 3.82. The van der Waals surface area contributed by atoms with Gasteiger partial charge in [0.2, 0.25) is 0 Å². The fourth-order valence-corrected chi connectivity index (χ4v) is 1.03. The summed E-state index contributed by atoms with van der Waals surface area (Å²) in [7, 11) is 0. The van der Waals surface area contributed by atoms with Gasteiger partial charge in [-0.05, 0) is 12.1 Å². The molecule has 1 aromatic carbocycles. The predicted octanol–water partition coefficient (Wildman–Crippen LogP) is 2.36. The van der Waals surface area contributed by atoms with Gasteiger partial charge in [-0.25, -0.2) is 0 Å². The second-order valence-corrected chi connectivity index (χ2v) is 2.91. The van der Waals surface area contributed by atoms with Crippen LogP contribution in [0.15, 0.2) is 18.2 Å². The zero-order valence-corrected chi connectivity index (χ0v) is 7.84. The van der Waals surface area contributed by atoms with E-state index in [-0.39, 0.29) is 23.9 Å². The molecule has 0 aromatic heterocycles. The lowest BCUT2D eigenvalue weighted by molar-refractivity contribution is -0.134. The molecular formula is C9H9ClO3. The molecule has 3 nitrogen and oxygen atoms in total. The number of esters is 1. The maximum Gasteiger partial charge on any atom is 0.310 e. The molecule has 0 heterocycles. The van der Waals surface area contributed by atoms with Gasteiger partial charge in [-0.1, -0.05) is 18.5 Å². The molecule has 0 bridgehead atoms. The number of carbonyl (C=O) groups is 1. The van der Waals surface area contributed by atoms with Crippen molar-refractivity contribution < 1.29 is 14.6 Å². The van der Waals surface area contributed by atoms with Gasteiger partial charge in [0.25, 0.3) is 0 Å². The topological polar surface area (TPSA) is 46.5 Å². The van der Waals surface area contributed by atoms with Gasteiger partial charge >= 0.3 is 5.97 Å². The zero-order valence-electron chi connectivity index (χ0n) is 7.08. The molecule has 13 heavy (non-hydrogen) atoms. The maximum absolute atomic E-state index is 10.9. The summed E-state index contributed by atoms with van der Waals surface area (Å²) in [5.41, 5.74) is 0. The highest BCUT2D eigenvalue weighted by Crippen LogP contribution is 2.24. The van der Waals surface area contributed by atoms with Gasteiger partial charge in [0.1, 0.15) is 11.5 Å². The fraction of sp³-hybridized carbons (Fsp3) is 0.222. The molecule has 70 valence electrons. The van der Waals surface area contributed by atoms with Gasteiger partial charge in [-0.3, -0.25) is 4.79 Å². The normalized spacial score (nSPS) is 9.69. The average molecular weight is 201 g/mol. The van der Waals surface area contributed by atoms with Gasteiger partial charge in [0.15, 0.2) is 0 Å². The fourth-order valence-electron chi connectivity index (χ4n) is 0.810. The van der Waals surface area contributed by atoms with Crippen LogP contribution >= 0.6 is 11.6 Å². The molecule has 0 atom stereocenters. The number of phenols is 1. The van der Waals surface area contributed by atoms with E-state index in [0.29, 0.717) is 5.02 Å². The van der Waals surface area contributed by atoms with Crippen LogP contribution in [0.1, 0.15) is 13.3 Å². The van der Waals surface area contributed by atoms with Crippen molar-refractivity contribution in [2.75, 3.05) is 0 Å². The van der Waals surface area contributed by atoms with E-state index in [1.54, 1.807) is 6.92 Å². The molecule has 1 aromatic rings. The number of carbonyl (C=O) groups excluding carboxylic acids is 1. The summed E-state index contributed by atoms with van der Waals surface area (Å²) in [6, 6.07) is 4.17. The quantitative estimate of drug-likeness (QED) is 0.589. The van der Waals surface area contributed by atoms with E-state index in [1.165, 1.54) is 18.2 Å². The minimum atomic E-state index is -0.360. The molecule has 1 rings (SSSR count). The van der Waals surface area contributed by atoms with Crippen molar-refractivity contribution in [3.05, 3.63) is 23.2 Å². The van der Waals surface area contributed by atoms with Crippen molar-refractivity contribution in [1.29, 1.82) is 0 Å². The maximum atomic E-state index is 10.9. The predicted molar refractivity (Wildman–Crippen MR) is 49.0 cm³/mol. The van der Waals surface area contributed by atoms with Gasteiger partial charge in [-0.15, -0.1) is 0 Å². The Morgan fingerprint density at radius 2 is 2.23 bits per heavy atom. The Hall–Kier alpha value is -1.22. The van der Waals surface area contributed by atoms with E-state index in [9.17, 15) is 4.79 Å².